The highest BCUT2D eigenvalue weighted by Gasteiger charge is 2.30. The molecule has 3 aromatic rings. The van der Waals surface area contributed by atoms with Crippen LogP contribution in [-0.4, -0.2) is 56.9 Å². The van der Waals surface area contributed by atoms with E-state index in [-0.39, 0.29) is 29.6 Å². The molecule has 0 atom stereocenters. The highest BCUT2D eigenvalue weighted by Crippen LogP contribution is 2.33. The van der Waals surface area contributed by atoms with Gasteiger partial charge in [0.05, 0.1) is 29.2 Å². The first-order chi connectivity index (χ1) is 17.5. The van der Waals surface area contributed by atoms with Crippen molar-refractivity contribution in [2.24, 2.45) is 18.9 Å². The summed E-state index contributed by atoms with van der Waals surface area (Å²) < 4.78 is 7.09. The number of amides is 2. The van der Waals surface area contributed by atoms with Gasteiger partial charge in [0.25, 0.3) is 5.91 Å². The third kappa shape index (κ3) is 4.57. The number of rotatable bonds is 6. The van der Waals surface area contributed by atoms with Crippen LogP contribution in [0.5, 0.6) is 0 Å². The molecule has 1 aliphatic carbocycles. The molecule has 5 rings (SSSR count). The van der Waals surface area contributed by atoms with Crippen molar-refractivity contribution >= 4 is 34.5 Å². The molecule has 1 aromatic carbocycles. The third-order valence-corrected chi connectivity index (χ3v) is 7.29. The van der Waals surface area contributed by atoms with Crippen molar-refractivity contribution < 1.29 is 19.1 Å². The van der Waals surface area contributed by atoms with Crippen molar-refractivity contribution in [2.75, 3.05) is 25.0 Å². The molecule has 1 aliphatic heterocycles. The molecule has 2 aliphatic rings. The molecule has 2 fully saturated rings. The lowest BCUT2D eigenvalue weighted by atomic mass is 9.85. The number of hydrogen-bond donors (Lipinski definition) is 1. The van der Waals surface area contributed by atoms with Crippen LogP contribution in [0.1, 0.15) is 49.4 Å². The molecule has 9 heteroatoms. The quantitative estimate of drug-likeness (QED) is 0.528. The third-order valence-electron chi connectivity index (χ3n) is 7.29. The fourth-order valence-electron chi connectivity index (χ4n) is 5.00. The number of benzene rings is 1. The molecule has 0 radical (unpaired) electrons. The monoisotopic (exact) mass is 489 g/mol. The van der Waals surface area contributed by atoms with Gasteiger partial charge in [-0.1, -0.05) is 6.42 Å². The Morgan fingerprint density at radius 3 is 2.42 bits per heavy atom. The minimum atomic E-state index is -0.191. The van der Waals surface area contributed by atoms with E-state index in [1.165, 1.54) is 0 Å². The summed E-state index contributed by atoms with van der Waals surface area (Å²) in [4.78, 5) is 49.1. The lowest BCUT2D eigenvalue weighted by molar-refractivity contribution is -0.149. The number of carbonyl (C=O) groups is 3. The van der Waals surface area contributed by atoms with Crippen molar-refractivity contribution in [1.82, 2.24) is 19.4 Å². The van der Waals surface area contributed by atoms with Gasteiger partial charge < -0.3 is 19.5 Å². The van der Waals surface area contributed by atoms with Crippen LogP contribution in [0.25, 0.3) is 22.4 Å². The topological polar surface area (TPSA) is 106 Å². The van der Waals surface area contributed by atoms with Crippen LogP contribution in [-0.2, 0) is 21.4 Å². The molecule has 3 heterocycles. The summed E-state index contributed by atoms with van der Waals surface area (Å²) in [5, 5.41) is 3.08. The molecule has 2 aromatic heterocycles. The largest absolute Gasteiger partial charge is 0.466 e. The summed E-state index contributed by atoms with van der Waals surface area (Å²) in [6.07, 6.45) is 7.41. The molecule has 1 saturated carbocycles. The van der Waals surface area contributed by atoms with Crippen molar-refractivity contribution in [3.05, 3.63) is 42.2 Å². The number of hydrogen-bond acceptors (Lipinski definition) is 6. The first kappa shape index (κ1) is 24.0. The minimum Gasteiger partial charge on any atom is -0.466 e. The average Bonchev–Trinajstić information content (AvgIpc) is 3.19. The molecular formula is C27H31N5O4. The number of anilines is 1. The van der Waals surface area contributed by atoms with Gasteiger partial charge in [0, 0.05) is 49.6 Å². The number of aryl methyl sites for hydroxylation is 1. The van der Waals surface area contributed by atoms with Gasteiger partial charge in [-0.2, -0.15) is 0 Å². The lowest BCUT2D eigenvalue weighted by Crippen LogP contribution is -2.40. The number of esters is 1. The Hall–Kier alpha value is -3.75. The van der Waals surface area contributed by atoms with E-state index in [0.29, 0.717) is 49.3 Å². The van der Waals surface area contributed by atoms with Crippen LogP contribution < -0.4 is 5.32 Å². The van der Waals surface area contributed by atoms with E-state index in [4.69, 9.17) is 9.72 Å². The highest BCUT2D eigenvalue weighted by atomic mass is 16.5. The van der Waals surface area contributed by atoms with Crippen molar-refractivity contribution in [2.45, 2.75) is 39.0 Å². The van der Waals surface area contributed by atoms with Gasteiger partial charge in [-0.15, -0.1) is 0 Å². The fraction of sp³-hybridized carbons (Fsp3) is 0.444. The number of fused-ring (bicyclic) bond motifs is 1. The van der Waals surface area contributed by atoms with E-state index in [2.05, 4.69) is 10.3 Å². The Morgan fingerprint density at radius 2 is 1.78 bits per heavy atom. The second kappa shape index (κ2) is 10.1. The van der Waals surface area contributed by atoms with E-state index >= 15 is 0 Å². The maximum atomic E-state index is 13.5. The van der Waals surface area contributed by atoms with Gasteiger partial charge in [0.1, 0.15) is 5.82 Å². The van der Waals surface area contributed by atoms with E-state index in [9.17, 15) is 14.4 Å². The zero-order chi connectivity index (χ0) is 25.2. The number of nitrogens with zero attached hydrogens (tertiary/aromatic N) is 4. The Balaban J connectivity index is 1.47. The Labute approximate surface area is 209 Å². The smallest absolute Gasteiger partial charge is 0.309 e. The highest BCUT2D eigenvalue weighted by molar-refractivity contribution is 6.06. The zero-order valence-corrected chi connectivity index (χ0v) is 20.7. The maximum Gasteiger partial charge on any atom is 0.309 e. The molecule has 0 bridgehead atoms. The summed E-state index contributed by atoms with van der Waals surface area (Å²) >= 11 is 0. The molecule has 1 N–H and O–H groups in total. The Morgan fingerprint density at radius 1 is 1.06 bits per heavy atom. The zero-order valence-electron chi connectivity index (χ0n) is 20.7. The second-order valence-electron chi connectivity index (χ2n) is 9.56. The lowest BCUT2D eigenvalue weighted by Gasteiger charge is -2.31. The van der Waals surface area contributed by atoms with E-state index in [0.717, 1.165) is 36.2 Å². The van der Waals surface area contributed by atoms with E-state index in [1.54, 1.807) is 36.4 Å². The van der Waals surface area contributed by atoms with Gasteiger partial charge >= 0.3 is 5.97 Å². The maximum absolute atomic E-state index is 13.5. The predicted octanol–water partition coefficient (Wildman–Crippen LogP) is 3.79. The fourth-order valence-corrected chi connectivity index (χ4v) is 5.00. The standard InChI is InChI=1S/C27H31N5O4/c1-3-36-27(35)19-9-13-32(14-10-19)26(34)20-15-21-23(22(16-20)30-25(33)18-5-4-6-18)31(2)24(29-21)17-7-11-28-12-8-17/h7-8,11-12,15-16,18-19H,3-6,9-10,13-14H2,1-2H3,(H,30,33). The van der Waals surface area contributed by atoms with Gasteiger partial charge in [-0.3, -0.25) is 19.4 Å². The second-order valence-corrected chi connectivity index (χ2v) is 9.56. The number of carbonyl (C=O) groups excluding carboxylic acids is 3. The molecule has 1 saturated heterocycles. The Kier molecular flexibility index (Phi) is 6.71. The van der Waals surface area contributed by atoms with Crippen LogP contribution in [0, 0.1) is 11.8 Å². The van der Waals surface area contributed by atoms with Crippen molar-refractivity contribution in [1.29, 1.82) is 0 Å². The van der Waals surface area contributed by atoms with Gasteiger partial charge in [0.2, 0.25) is 5.91 Å². The minimum absolute atomic E-state index is 0.00853. The summed E-state index contributed by atoms with van der Waals surface area (Å²) in [7, 11) is 1.91. The predicted molar refractivity (Wildman–Crippen MR) is 135 cm³/mol. The number of pyridine rings is 1. The first-order valence-corrected chi connectivity index (χ1v) is 12.6. The first-order valence-electron chi connectivity index (χ1n) is 12.6. The number of ether oxygens (including phenoxy) is 1. The van der Waals surface area contributed by atoms with Crippen molar-refractivity contribution in [3.8, 4) is 11.4 Å². The normalized spacial score (nSPS) is 16.6. The van der Waals surface area contributed by atoms with E-state index in [1.807, 2.05) is 23.7 Å². The summed E-state index contributed by atoms with van der Waals surface area (Å²) in [5.74, 6) is 0.223. The SMILES string of the molecule is CCOC(=O)C1CCN(C(=O)c2cc(NC(=O)C3CCC3)c3c(c2)nc(-c2ccncc2)n3C)CC1. The van der Waals surface area contributed by atoms with Crippen LogP contribution in [0.3, 0.4) is 0 Å². The van der Waals surface area contributed by atoms with Crippen LogP contribution in [0.2, 0.25) is 0 Å². The van der Waals surface area contributed by atoms with Crippen LogP contribution in [0.4, 0.5) is 5.69 Å². The van der Waals surface area contributed by atoms with Crippen LogP contribution in [0.15, 0.2) is 36.7 Å². The van der Waals surface area contributed by atoms with Gasteiger partial charge in [-0.25, -0.2) is 4.98 Å². The number of piperidine rings is 1. The van der Waals surface area contributed by atoms with E-state index < -0.39 is 0 Å². The molecule has 0 spiro atoms. The molecule has 2 amide bonds. The number of nitrogens with one attached hydrogen (secondary N) is 1. The average molecular weight is 490 g/mol. The summed E-state index contributed by atoms with van der Waals surface area (Å²) in [6, 6.07) is 7.32. The van der Waals surface area contributed by atoms with Crippen molar-refractivity contribution in [3.63, 3.8) is 0 Å². The summed E-state index contributed by atoms with van der Waals surface area (Å²) in [6.45, 7) is 3.12. The molecular weight excluding hydrogens is 458 g/mol. The number of likely N-dealkylation sites (tertiary alicyclic amines) is 1. The molecule has 36 heavy (non-hydrogen) atoms. The molecule has 188 valence electrons. The number of aromatic nitrogens is 3. The molecule has 9 nitrogen and oxygen atoms in total. The Bertz CT molecular complexity index is 1290. The number of imidazole rings is 1. The summed E-state index contributed by atoms with van der Waals surface area (Å²) in [5.41, 5.74) is 3.37. The molecule has 0 unspecified atom stereocenters. The van der Waals surface area contributed by atoms with Gasteiger partial charge in [0.15, 0.2) is 0 Å². The van der Waals surface area contributed by atoms with Gasteiger partial charge in [-0.05, 0) is 56.9 Å². The van der Waals surface area contributed by atoms with Crippen LogP contribution >= 0.6 is 0 Å².